The second-order valence-corrected chi connectivity index (χ2v) is 4.30. The lowest BCUT2D eigenvalue weighted by Crippen LogP contribution is -2.19. The molecule has 84 valence electrons. The van der Waals surface area contributed by atoms with Gasteiger partial charge in [0.2, 0.25) is 0 Å². The lowest BCUT2D eigenvalue weighted by molar-refractivity contribution is 0.755. The van der Waals surface area contributed by atoms with Crippen molar-refractivity contribution in [1.82, 2.24) is 0 Å². The normalized spacial score (nSPS) is 19.8. The monoisotopic (exact) mass is 215 g/mol. The second kappa shape index (κ2) is 4.44. The molecule has 0 unspecified atom stereocenters. The summed E-state index contributed by atoms with van der Waals surface area (Å²) in [6.45, 7) is 3.94. The van der Waals surface area contributed by atoms with Crippen molar-refractivity contribution in [2.45, 2.75) is 19.8 Å². The van der Waals surface area contributed by atoms with E-state index in [1.54, 1.807) is 0 Å². The van der Waals surface area contributed by atoms with Crippen LogP contribution in [0.3, 0.4) is 0 Å². The van der Waals surface area contributed by atoms with Gasteiger partial charge in [0.25, 0.3) is 0 Å². The topological polar surface area (TPSA) is 53.0 Å². The Hall–Kier alpha value is -1.69. The van der Waals surface area contributed by atoms with Crippen molar-refractivity contribution < 1.29 is 0 Å². The number of nitriles is 1. The van der Waals surface area contributed by atoms with Crippen molar-refractivity contribution in [3.8, 4) is 6.07 Å². The molecule has 16 heavy (non-hydrogen) atoms. The summed E-state index contributed by atoms with van der Waals surface area (Å²) in [7, 11) is 0. The van der Waals surface area contributed by atoms with Crippen LogP contribution in [0.2, 0.25) is 0 Å². The zero-order valence-corrected chi connectivity index (χ0v) is 9.61. The molecular formula is C13H17N3. The Kier molecular flexibility index (Phi) is 3.00. The van der Waals surface area contributed by atoms with Crippen LogP contribution >= 0.6 is 0 Å². The van der Waals surface area contributed by atoms with E-state index in [1.165, 1.54) is 11.3 Å². The molecule has 2 rings (SSSR count). The molecule has 0 aliphatic carbocycles. The molecule has 1 heterocycles. The summed E-state index contributed by atoms with van der Waals surface area (Å²) < 4.78 is 0. The quantitative estimate of drug-likeness (QED) is 0.769. The van der Waals surface area contributed by atoms with Gasteiger partial charge in [-0.2, -0.15) is 5.26 Å². The summed E-state index contributed by atoms with van der Waals surface area (Å²) in [4.78, 5) is 2.27. The van der Waals surface area contributed by atoms with Crippen molar-refractivity contribution in [3.05, 3.63) is 23.8 Å². The highest BCUT2D eigenvalue weighted by Gasteiger charge is 2.22. The zero-order chi connectivity index (χ0) is 11.5. The number of nitrogens with two attached hydrogens (primary N) is 1. The maximum Gasteiger partial charge on any atom is 0.0675 e. The summed E-state index contributed by atoms with van der Waals surface area (Å²) >= 11 is 0. The number of nitrogens with zero attached hydrogens (tertiary/aromatic N) is 2. The number of benzene rings is 1. The highest BCUT2D eigenvalue weighted by molar-refractivity contribution is 5.59. The fourth-order valence-electron chi connectivity index (χ4n) is 2.20. The van der Waals surface area contributed by atoms with E-state index in [4.69, 9.17) is 11.0 Å². The first kappa shape index (κ1) is 10.8. The number of aryl methyl sites for hydroxylation is 1. The molecule has 0 bridgehead atoms. The maximum absolute atomic E-state index is 8.88. The number of hydrogen-bond donors (Lipinski definition) is 1. The molecule has 0 amide bonds. The average molecular weight is 215 g/mol. The summed E-state index contributed by atoms with van der Waals surface area (Å²) in [5.74, 6) is 0.183. The van der Waals surface area contributed by atoms with Gasteiger partial charge in [-0.15, -0.1) is 0 Å². The van der Waals surface area contributed by atoms with E-state index >= 15 is 0 Å². The molecule has 1 fully saturated rings. The molecule has 0 aromatic heterocycles. The maximum atomic E-state index is 8.88. The molecule has 1 aliphatic rings. The minimum Gasteiger partial charge on any atom is -0.399 e. The van der Waals surface area contributed by atoms with Crippen molar-refractivity contribution in [1.29, 1.82) is 5.26 Å². The Morgan fingerprint density at radius 1 is 1.56 bits per heavy atom. The molecular weight excluding hydrogens is 198 g/mol. The van der Waals surface area contributed by atoms with E-state index in [0.29, 0.717) is 0 Å². The molecule has 3 nitrogen and oxygen atoms in total. The van der Waals surface area contributed by atoms with Crippen molar-refractivity contribution >= 4 is 11.4 Å². The molecule has 1 atom stereocenters. The van der Waals surface area contributed by atoms with E-state index in [1.807, 2.05) is 12.1 Å². The molecule has 0 spiro atoms. The van der Waals surface area contributed by atoms with Gasteiger partial charge in [0, 0.05) is 24.5 Å². The number of anilines is 2. The Bertz CT molecular complexity index is 420. The summed E-state index contributed by atoms with van der Waals surface area (Å²) in [5.41, 5.74) is 9.13. The first-order valence-electron chi connectivity index (χ1n) is 5.77. The van der Waals surface area contributed by atoms with E-state index in [9.17, 15) is 0 Å². The smallest absolute Gasteiger partial charge is 0.0675 e. The van der Waals surface area contributed by atoms with Crippen molar-refractivity contribution in [2.75, 3.05) is 23.7 Å². The van der Waals surface area contributed by atoms with Gasteiger partial charge >= 0.3 is 0 Å². The van der Waals surface area contributed by atoms with Crippen LogP contribution in [0.5, 0.6) is 0 Å². The van der Waals surface area contributed by atoms with Gasteiger partial charge in [0.1, 0.15) is 0 Å². The Morgan fingerprint density at radius 3 is 3.00 bits per heavy atom. The molecule has 2 N–H and O–H groups in total. The van der Waals surface area contributed by atoms with Crippen molar-refractivity contribution in [2.24, 2.45) is 5.92 Å². The number of rotatable bonds is 2. The summed E-state index contributed by atoms with van der Waals surface area (Å²) in [6, 6.07) is 8.50. The molecule has 0 radical (unpaired) electrons. The molecule has 1 aliphatic heterocycles. The largest absolute Gasteiger partial charge is 0.399 e. The van der Waals surface area contributed by atoms with E-state index in [2.05, 4.69) is 24.0 Å². The van der Waals surface area contributed by atoms with E-state index in [0.717, 1.165) is 31.6 Å². The van der Waals surface area contributed by atoms with Crippen LogP contribution in [-0.4, -0.2) is 13.1 Å². The third-order valence-electron chi connectivity index (χ3n) is 3.24. The standard InChI is InChI=1S/C13H17N3/c1-2-11-7-12(3-4-13(11)15)16-6-5-10(8-14)9-16/h3-4,7,10H,2,5-6,9,15H2,1H3/t10-/m1/s1. The molecule has 1 saturated heterocycles. The fraction of sp³-hybridized carbons (Fsp3) is 0.462. The molecule has 3 heteroatoms. The van der Waals surface area contributed by atoms with Gasteiger partial charge in [-0.3, -0.25) is 0 Å². The zero-order valence-electron chi connectivity index (χ0n) is 9.61. The van der Waals surface area contributed by atoms with Crippen LogP contribution in [0.4, 0.5) is 11.4 Å². The van der Waals surface area contributed by atoms with Gasteiger partial charge in [-0.05, 0) is 36.6 Å². The fourth-order valence-corrected chi connectivity index (χ4v) is 2.20. The lowest BCUT2D eigenvalue weighted by Gasteiger charge is -2.19. The molecule has 1 aromatic carbocycles. The van der Waals surface area contributed by atoms with Crippen LogP contribution in [0.25, 0.3) is 0 Å². The molecule has 0 saturated carbocycles. The minimum atomic E-state index is 0.183. The van der Waals surface area contributed by atoms with E-state index < -0.39 is 0 Å². The van der Waals surface area contributed by atoms with Crippen LogP contribution in [0, 0.1) is 17.2 Å². The lowest BCUT2D eigenvalue weighted by atomic mass is 10.1. The van der Waals surface area contributed by atoms with Gasteiger partial charge in [-0.25, -0.2) is 0 Å². The van der Waals surface area contributed by atoms with E-state index in [-0.39, 0.29) is 5.92 Å². The summed E-state index contributed by atoms with van der Waals surface area (Å²) in [6.07, 6.45) is 1.93. The Morgan fingerprint density at radius 2 is 2.38 bits per heavy atom. The highest BCUT2D eigenvalue weighted by Crippen LogP contribution is 2.26. The van der Waals surface area contributed by atoms with Gasteiger partial charge in [0.15, 0.2) is 0 Å². The number of nitrogen functional groups attached to an aromatic ring is 1. The van der Waals surface area contributed by atoms with Gasteiger partial charge in [0.05, 0.1) is 12.0 Å². The highest BCUT2D eigenvalue weighted by atomic mass is 15.1. The van der Waals surface area contributed by atoms with Gasteiger partial charge in [-0.1, -0.05) is 6.92 Å². The molecule has 1 aromatic rings. The van der Waals surface area contributed by atoms with Crippen LogP contribution in [-0.2, 0) is 6.42 Å². The Labute approximate surface area is 96.5 Å². The third kappa shape index (κ3) is 1.96. The second-order valence-electron chi connectivity index (χ2n) is 4.30. The SMILES string of the molecule is CCc1cc(N2CC[C@H](C#N)C2)ccc1N. The summed E-state index contributed by atoms with van der Waals surface area (Å²) in [5, 5.41) is 8.88. The predicted octanol–water partition coefficient (Wildman–Crippen LogP) is 2.18. The first-order chi connectivity index (χ1) is 7.74. The Balaban J connectivity index is 2.19. The van der Waals surface area contributed by atoms with Crippen molar-refractivity contribution in [3.63, 3.8) is 0 Å². The first-order valence-corrected chi connectivity index (χ1v) is 5.77. The third-order valence-corrected chi connectivity index (χ3v) is 3.24. The predicted molar refractivity (Wildman–Crippen MR) is 66.2 cm³/mol. The minimum absolute atomic E-state index is 0.183. The van der Waals surface area contributed by atoms with Crippen LogP contribution in [0.15, 0.2) is 18.2 Å². The van der Waals surface area contributed by atoms with Crippen LogP contribution < -0.4 is 10.6 Å². The average Bonchev–Trinajstić information content (AvgIpc) is 2.78. The number of hydrogen-bond acceptors (Lipinski definition) is 3. The van der Waals surface area contributed by atoms with Crippen LogP contribution in [0.1, 0.15) is 18.9 Å². The van der Waals surface area contributed by atoms with Gasteiger partial charge < -0.3 is 10.6 Å².